The molecule has 4 nitrogen and oxygen atoms in total. The van der Waals surface area contributed by atoms with Crippen LogP contribution in [-0.4, -0.2) is 15.0 Å². The minimum atomic E-state index is -4.80. The van der Waals surface area contributed by atoms with Crippen LogP contribution in [-0.2, 0) is 16.2 Å². The van der Waals surface area contributed by atoms with E-state index in [1.165, 1.54) is 42.5 Å². The van der Waals surface area contributed by atoms with Crippen molar-refractivity contribution in [1.29, 1.82) is 0 Å². The number of rotatable bonds is 9. The Hall–Kier alpha value is -3.26. The van der Waals surface area contributed by atoms with Crippen LogP contribution in [0.3, 0.4) is 0 Å². The minimum Gasteiger partial charge on any atom is -0.493 e. The first-order valence-electron chi connectivity index (χ1n) is 9.70. The summed E-state index contributed by atoms with van der Waals surface area (Å²) in [7, 11) is -4.21. The molecule has 1 unspecified atom stereocenters. The summed E-state index contributed by atoms with van der Waals surface area (Å²) in [6.07, 6.45) is -3.09. The largest absolute Gasteiger partial charge is 0.493 e. The van der Waals surface area contributed by atoms with Crippen LogP contribution >= 0.6 is 0 Å². The SMILES string of the molecule is C=CCC(COc1c[c]ccc1)c1cccc(NS(=O)(=O)c2ccccc2)c1C(F)(F)F. The molecule has 0 saturated carbocycles. The zero-order valence-corrected chi connectivity index (χ0v) is 17.8. The van der Waals surface area contributed by atoms with E-state index in [9.17, 15) is 21.6 Å². The monoisotopic (exact) mass is 460 g/mol. The molecule has 3 aromatic carbocycles. The molecule has 0 heterocycles. The molecular formula is C24H21F3NO3S. The van der Waals surface area contributed by atoms with Gasteiger partial charge in [-0.05, 0) is 48.4 Å². The Bertz CT molecular complexity index is 1150. The Morgan fingerprint density at radius 3 is 2.44 bits per heavy atom. The lowest BCUT2D eigenvalue weighted by Gasteiger charge is -2.24. The summed E-state index contributed by atoms with van der Waals surface area (Å²) < 4.78 is 75.6. The molecule has 3 rings (SSSR count). The Morgan fingerprint density at radius 2 is 1.81 bits per heavy atom. The molecule has 0 aliphatic rings. The lowest BCUT2D eigenvalue weighted by atomic mass is 9.91. The number of sulfonamides is 1. The molecule has 0 aliphatic carbocycles. The van der Waals surface area contributed by atoms with Crippen LogP contribution in [0.1, 0.15) is 23.5 Å². The van der Waals surface area contributed by atoms with Crippen molar-refractivity contribution in [3.63, 3.8) is 0 Å². The molecule has 0 bridgehead atoms. The molecule has 0 fully saturated rings. The lowest BCUT2D eigenvalue weighted by Crippen LogP contribution is -2.21. The topological polar surface area (TPSA) is 55.4 Å². The maximum atomic E-state index is 14.1. The third-order valence-electron chi connectivity index (χ3n) is 4.70. The molecule has 0 spiro atoms. The van der Waals surface area contributed by atoms with Crippen LogP contribution in [0.4, 0.5) is 18.9 Å². The van der Waals surface area contributed by atoms with Crippen molar-refractivity contribution in [2.45, 2.75) is 23.4 Å². The van der Waals surface area contributed by atoms with Crippen molar-refractivity contribution >= 4 is 15.7 Å². The summed E-state index contributed by atoms with van der Waals surface area (Å²) >= 11 is 0. The quantitative estimate of drug-likeness (QED) is 0.396. The summed E-state index contributed by atoms with van der Waals surface area (Å²) in [6, 6.07) is 20.5. The smallest absolute Gasteiger partial charge is 0.418 e. The van der Waals surface area contributed by atoms with Gasteiger partial charge in [-0.1, -0.05) is 48.5 Å². The van der Waals surface area contributed by atoms with Crippen LogP contribution in [0.15, 0.2) is 90.3 Å². The predicted molar refractivity (Wildman–Crippen MR) is 117 cm³/mol. The average molecular weight is 460 g/mol. The number of nitrogens with one attached hydrogen (secondary N) is 1. The van der Waals surface area contributed by atoms with E-state index in [1.807, 2.05) is 0 Å². The van der Waals surface area contributed by atoms with Gasteiger partial charge in [0.05, 0.1) is 22.8 Å². The molecule has 0 saturated heterocycles. The van der Waals surface area contributed by atoms with Gasteiger partial charge in [0, 0.05) is 5.92 Å². The van der Waals surface area contributed by atoms with Crippen LogP contribution in [0.5, 0.6) is 5.75 Å². The van der Waals surface area contributed by atoms with Gasteiger partial charge in [-0.3, -0.25) is 4.72 Å². The number of ether oxygens (including phenoxy) is 1. The molecule has 32 heavy (non-hydrogen) atoms. The van der Waals surface area contributed by atoms with Crippen LogP contribution in [0.25, 0.3) is 0 Å². The minimum absolute atomic E-state index is 0.0537. The van der Waals surface area contributed by atoms with Gasteiger partial charge < -0.3 is 4.74 Å². The van der Waals surface area contributed by atoms with Crippen molar-refractivity contribution in [3.05, 3.63) is 103 Å². The van der Waals surface area contributed by atoms with E-state index in [2.05, 4.69) is 17.4 Å². The second-order valence-electron chi connectivity index (χ2n) is 6.96. The lowest BCUT2D eigenvalue weighted by molar-refractivity contribution is -0.137. The fourth-order valence-electron chi connectivity index (χ4n) is 3.26. The van der Waals surface area contributed by atoms with Gasteiger partial charge >= 0.3 is 6.18 Å². The first-order valence-corrected chi connectivity index (χ1v) is 11.2. The van der Waals surface area contributed by atoms with Crippen LogP contribution in [0.2, 0.25) is 0 Å². The van der Waals surface area contributed by atoms with Crippen molar-refractivity contribution in [1.82, 2.24) is 0 Å². The fourth-order valence-corrected chi connectivity index (χ4v) is 4.36. The van der Waals surface area contributed by atoms with Gasteiger partial charge in [0.2, 0.25) is 0 Å². The van der Waals surface area contributed by atoms with Gasteiger partial charge in [0.1, 0.15) is 5.75 Å². The van der Waals surface area contributed by atoms with E-state index in [-0.39, 0.29) is 23.5 Å². The maximum absolute atomic E-state index is 14.1. The van der Waals surface area contributed by atoms with Crippen molar-refractivity contribution in [2.24, 2.45) is 0 Å². The number of hydrogen-bond donors (Lipinski definition) is 1. The van der Waals surface area contributed by atoms with Gasteiger partial charge in [0.15, 0.2) is 0 Å². The molecule has 8 heteroatoms. The van der Waals surface area contributed by atoms with Crippen LogP contribution in [0, 0.1) is 6.07 Å². The number of halogens is 3. The first kappa shape index (κ1) is 23.4. The molecule has 0 amide bonds. The standard InChI is InChI=1S/C24H21F3NO3S/c1-2-10-18(17-31-19-11-5-3-6-12-19)21-15-9-16-22(23(21)24(25,26)27)28-32(29,30)20-13-7-4-8-14-20/h2-5,7-9,11-16,18,28H,1,10,17H2. The second kappa shape index (κ2) is 9.91. The Labute approximate surface area is 185 Å². The van der Waals surface area contributed by atoms with Crippen LogP contribution < -0.4 is 9.46 Å². The Kier molecular flexibility index (Phi) is 7.25. The molecular weight excluding hydrogens is 439 g/mol. The van der Waals surface area contributed by atoms with Crippen molar-refractivity contribution in [3.8, 4) is 5.75 Å². The summed E-state index contributed by atoms with van der Waals surface area (Å²) in [5.41, 5.74) is -1.67. The highest BCUT2D eigenvalue weighted by atomic mass is 32.2. The fraction of sp³-hybridized carbons (Fsp3) is 0.167. The number of hydrogen-bond acceptors (Lipinski definition) is 3. The van der Waals surface area contributed by atoms with E-state index in [4.69, 9.17) is 4.74 Å². The molecule has 1 N–H and O–H groups in total. The number of anilines is 1. The molecule has 167 valence electrons. The number of alkyl halides is 3. The first-order chi connectivity index (χ1) is 15.2. The summed E-state index contributed by atoms with van der Waals surface area (Å²) in [4.78, 5) is -0.134. The second-order valence-corrected chi connectivity index (χ2v) is 8.64. The van der Waals surface area contributed by atoms with Gasteiger partial charge in [-0.25, -0.2) is 8.42 Å². The molecule has 0 aromatic heterocycles. The number of allylic oxidation sites excluding steroid dienone is 1. The van der Waals surface area contributed by atoms with Gasteiger partial charge in [-0.15, -0.1) is 6.58 Å². The third-order valence-corrected chi connectivity index (χ3v) is 6.08. The summed E-state index contributed by atoms with van der Waals surface area (Å²) in [5, 5.41) is 0. The summed E-state index contributed by atoms with van der Waals surface area (Å²) in [5.74, 6) is -0.235. The molecule has 0 aliphatic heterocycles. The Morgan fingerprint density at radius 1 is 1.06 bits per heavy atom. The predicted octanol–water partition coefficient (Wildman–Crippen LogP) is 6.05. The molecule has 3 aromatic rings. The van der Waals surface area contributed by atoms with E-state index in [0.717, 1.165) is 6.07 Å². The molecule has 1 radical (unpaired) electrons. The number of benzene rings is 3. The highest BCUT2D eigenvalue weighted by molar-refractivity contribution is 7.92. The normalized spacial score (nSPS) is 12.7. The third kappa shape index (κ3) is 5.70. The van der Waals surface area contributed by atoms with Gasteiger partial charge in [0.25, 0.3) is 10.0 Å². The van der Waals surface area contributed by atoms with E-state index in [0.29, 0.717) is 5.75 Å². The van der Waals surface area contributed by atoms with E-state index < -0.39 is 33.4 Å². The highest BCUT2D eigenvalue weighted by Gasteiger charge is 2.39. The molecule has 1 atom stereocenters. The van der Waals surface area contributed by atoms with E-state index in [1.54, 1.807) is 30.3 Å². The maximum Gasteiger partial charge on any atom is 0.418 e. The Balaban J connectivity index is 2.00. The van der Waals surface area contributed by atoms with Gasteiger partial charge in [-0.2, -0.15) is 13.2 Å². The zero-order chi connectivity index (χ0) is 23.2. The van der Waals surface area contributed by atoms with E-state index >= 15 is 0 Å². The highest BCUT2D eigenvalue weighted by Crippen LogP contribution is 2.42. The zero-order valence-electron chi connectivity index (χ0n) is 17.0. The van der Waals surface area contributed by atoms with Crippen molar-refractivity contribution in [2.75, 3.05) is 11.3 Å². The van der Waals surface area contributed by atoms with Crippen molar-refractivity contribution < 1.29 is 26.3 Å². The summed E-state index contributed by atoms with van der Waals surface area (Å²) in [6.45, 7) is 3.59. The average Bonchev–Trinajstić information content (AvgIpc) is 2.77.